The van der Waals surface area contributed by atoms with E-state index in [4.69, 9.17) is 9.47 Å². The lowest BCUT2D eigenvalue weighted by atomic mass is 9.82. The van der Waals surface area contributed by atoms with Crippen LogP contribution >= 0.6 is 0 Å². The van der Waals surface area contributed by atoms with Crippen LogP contribution < -0.4 is 9.64 Å². The molecule has 0 amide bonds. The third-order valence-electron chi connectivity index (χ3n) is 6.31. The number of hydrogen-bond acceptors (Lipinski definition) is 4. The summed E-state index contributed by atoms with van der Waals surface area (Å²) in [4.78, 5) is 2.31. The molecule has 28 heavy (non-hydrogen) atoms. The minimum absolute atomic E-state index is 0.142. The van der Waals surface area contributed by atoms with E-state index in [0.717, 1.165) is 48.5 Å². The molecule has 1 fully saturated rings. The van der Waals surface area contributed by atoms with E-state index in [-0.39, 0.29) is 5.41 Å². The maximum Gasteiger partial charge on any atom is 0.142 e. The highest BCUT2D eigenvalue weighted by molar-refractivity contribution is 6.07. The molecule has 4 nitrogen and oxygen atoms in total. The molecule has 0 bridgehead atoms. The molecule has 0 atom stereocenters. The Labute approximate surface area is 165 Å². The van der Waals surface area contributed by atoms with Crippen LogP contribution in [0.5, 0.6) is 11.5 Å². The second-order valence-electron chi connectivity index (χ2n) is 8.16. The zero-order valence-electron chi connectivity index (χ0n) is 16.6. The van der Waals surface area contributed by atoms with Gasteiger partial charge < -0.3 is 19.5 Å². The van der Waals surface area contributed by atoms with Gasteiger partial charge in [-0.15, -0.1) is 0 Å². The van der Waals surface area contributed by atoms with Crippen molar-refractivity contribution in [2.45, 2.75) is 19.3 Å². The van der Waals surface area contributed by atoms with E-state index in [1.54, 1.807) is 7.11 Å². The predicted molar refractivity (Wildman–Crippen MR) is 113 cm³/mol. The molecule has 0 unspecified atom stereocenters. The zero-order valence-corrected chi connectivity index (χ0v) is 16.6. The first-order chi connectivity index (χ1) is 13.5. The first-order valence-electron chi connectivity index (χ1n) is 9.83. The number of aromatic hydroxyl groups is 1. The molecule has 0 aromatic heterocycles. The van der Waals surface area contributed by atoms with Gasteiger partial charge in [0.05, 0.1) is 26.0 Å². The maximum absolute atomic E-state index is 10.9. The number of morpholine rings is 1. The van der Waals surface area contributed by atoms with Crippen molar-refractivity contribution in [2.24, 2.45) is 0 Å². The van der Waals surface area contributed by atoms with Crippen LogP contribution in [0.2, 0.25) is 0 Å². The summed E-state index contributed by atoms with van der Waals surface area (Å²) in [5.41, 5.74) is 5.89. The van der Waals surface area contributed by atoms with Crippen LogP contribution in [-0.4, -0.2) is 38.5 Å². The van der Waals surface area contributed by atoms with Crippen LogP contribution in [0.15, 0.2) is 42.5 Å². The highest BCUT2D eigenvalue weighted by Gasteiger charge is 2.37. The lowest BCUT2D eigenvalue weighted by Crippen LogP contribution is -2.36. The summed E-state index contributed by atoms with van der Waals surface area (Å²) in [7, 11) is 1.69. The van der Waals surface area contributed by atoms with E-state index in [1.807, 2.05) is 12.1 Å². The molecule has 1 heterocycles. The molecular weight excluding hydrogens is 350 g/mol. The van der Waals surface area contributed by atoms with Crippen LogP contribution in [0.3, 0.4) is 0 Å². The molecule has 2 aliphatic rings. The number of benzene rings is 3. The molecule has 144 valence electrons. The van der Waals surface area contributed by atoms with Crippen molar-refractivity contribution >= 4 is 16.5 Å². The fourth-order valence-corrected chi connectivity index (χ4v) is 4.81. The van der Waals surface area contributed by atoms with Crippen molar-refractivity contribution in [3.63, 3.8) is 0 Å². The number of anilines is 1. The Morgan fingerprint density at radius 3 is 2.50 bits per heavy atom. The van der Waals surface area contributed by atoms with Crippen LogP contribution in [0, 0.1) is 0 Å². The van der Waals surface area contributed by atoms with Gasteiger partial charge in [0.15, 0.2) is 0 Å². The molecule has 0 radical (unpaired) electrons. The predicted octanol–water partition coefficient (Wildman–Crippen LogP) is 4.70. The van der Waals surface area contributed by atoms with Crippen molar-refractivity contribution in [3.05, 3.63) is 53.6 Å². The Morgan fingerprint density at radius 1 is 1.00 bits per heavy atom. The first-order valence-corrected chi connectivity index (χ1v) is 9.83. The van der Waals surface area contributed by atoms with Crippen molar-refractivity contribution < 1.29 is 14.6 Å². The van der Waals surface area contributed by atoms with Gasteiger partial charge in [0.1, 0.15) is 11.5 Å². The van der Waals surface area contributed by atoms with Gasteiger partial charge in [0, 0.05) is 23.9 Å². The van der Waals surface area contributed by atoms with Gasteiger partial charge in [-0.2, -0.15) is 0 Å². The summed E-state index contributed by atoms with van der Waals surface area (Å²) in [5.74, 6) is 1.09. The monoisotopic (exact) mass is 375 g/mol. The van der Waals surface area contributed by atoms with Crippen molar-refractivity contribution in [3.8, 4) is 22.6 Å². The number of rotatable bonds is 2. The average Bonchev–Trinajstić information content (AvgIpc) is 2.95. The van der Waals surface area contributed by atoms with Crippen LogP contribution in [-0.2, 0) is 10.2 Å². The van der Waals surface area contributed by atoms with Crippen LogP contribution in [0.25, 0.3) is 21.9 Å². The number of methoxy groups -OCH3 is 1. The second-order valence-corrected chi connectivity index (χ2v) is 8.16. The molecule has 1 N–H and O–H groups in total. The second kappa shape index (κ2) is 6.14. The molecular formula is C24H25NO3. The number of ether oxygens (including phenoxy) is 2. The molecule has 1 aliphatic heterocycles. The Morgan fingerprint density at radius 2 is 1.75 bits per heavy atom. The van der Waals surface area contributed by atoms with E-state index in [1.165, 1.54) is 22.3 Å². The fraction of sp³-hybridized carbons (Fsp3) is 0.333. The Hall–Kier alpha value is -2.72. The summed E-state index contributed by atoms with van der Waals surface area (Å²) < 4.78 is 11.2. The van der Waals surface area contributed by atoms with Gasteiger partial charge in [-0.25, -0.2) is 0 Å². The molecule has 1 aliphatic carbocycles. The number of fused-ring (bicyclic) bond motifs is 5. The van der Waals surface area contributed by atoms with E-state index < -0.39 is 0 Å². The molecule has 0 spiro atoms. The largest absolute Gasteiger partial charge is 0.507 e. The fourth-order valence-electron chi connectivity index (χ4n) is 4.81. The topological polar surface area (TPSA) is 41.9 Å². The molecule has 3 aromatic carbocycles. The Bertz CT molecular complexity index is 1080. The molecule has 3 aromatic rings. The number of nitrogens with zero attached hydrogens (tertiary/aromatic N) is 1. The SMILES string of the molecule is COc1cc2c(O)cc3c(c2cc1N1CCOCC1)-c1ccccc1C3(C)C. The van der Waals surface area contributed by atoms with E-state index in [0.29, 0.717) is 5.75 Å². The number of hydrogen-bond donors (Lipinski definition) is 1. The minimum Gasteiger partial charge on any atom is -0.507 e. The van der Waals surface area contributed by atoms with Gasteiger partial charge in [0.25, 0.3) is 0 Å². The van der Waals surface area contributed by atoms with Crippen LogP contribution in [0.4, 0.5) is 5.69 Å². The van der Waals surface area contributed by atoms with Gasteiger partial charge in [-0.1, -0.05) is 38.1 Å². The standard InChI is InChI=1S/C24H25NO3/c1-24(2)18-7-5-4-6-15(18)23-17-12-20(25-8-10-28-11-9-25)22(27-3)13-16(17)21(26)14-19(23)24/h4-7,12-14,26H,8-11H2,1-3H3. The third kappa shape index (κ3) is 2.34. The van der Waals surface area contributed by atoms with E-state index in [9.17, 15) is 5.11 Å². The summed E-state index contributed by atoms with van der Waals surface area (Å²) in [5, 5.41) is 12.8. The average molecular weight is 375 g/mol. The minimum atomic E-state index is -0.142. The van der Waals surface area contributed by atoms with Crippen molar-refractivity contribution in [1.82, 2.24) is 0 Å². The van der Waals surface area contributed by atoms with Crippen molar-refractivity contribution in [2.75, 3.05) is 38.3 Å². The third-order valence-corrected chi connectivity index (χ3v) is 6.31. The number of phenols is 1. The normalized spacial score (nSPS) is 17.5. The summed E-state index contributed by atoms with van der Waals surface area (Å²) >= 11 is 0. The highest BCUT2D eigenvalue weighted by atomic mass is 16.5. The van der Waals surface area contributed by atoms with Gasteiger partial charge in [-0.05, 0) is 45.8 Å². The smallest absolute Gasteiger partial charge is 0.142 e. The van der Waals surface area contributed by atoms with E-state index >= 15 is 0 Å². The van der Waals surface area contributed by atoms with E-state index in [2.05, 4.69) is 49.1 Å². The molecule has 5 rings (SSSR count). The van der Waals surface area contributed by atoms with Gasteiger partial charge in [0.2, 0.25) is 0 Å². The molecule has 1 saturated heterocycles. The quantitative estimate of drug-likeness (QED) is 0.705. The molecule has 0 saturated carbocycles. The lowest BCUT2D eigenvalue weighted by Gasteiger charge is -2.30. The Balaban J connectivity index is 1.84. The molecule has 4 heteroatoms. The lowest BCUT2D eigenvalue weighted by molar-refractivity contribution is 0.122. The van der Waals surface area contributed by atoms with Gasteiger partial charge in [-0.3, -0.25) is 0 Å². The summed E-state index contributed by atoms with van der Waals surface area (Å²) in [6, 6.07) is 14.7. The number of phenolic OH excluding ortho intramolecular Hbond substituents is 1. The van der Waals surface area contributed by atoms with Crippen LogP contribution in [0.1, 0.15) is 25.0 Å². The summed E-state index contributed by atoms with van der Waals surface area (Å²) in [6.45, 7) is 7.57. The highest BCUT2D eigenvalue weighted by Crippen LogP contribution is 2.54. The first kappa shape index (κ1) is 17.4. The summed E-state index contributed by atoms with van der Waals surface area (Å²) in [6.07, 6.45) is 0. The Kier molecular flexibility index (Phi) is 3.81. The maximum atomic E-state index is 10.9. The van der Waals surface area contributed by atoms with Crippen molar-refractivity contribution in [1.29, 1.82) is 0 Å². The zero-order chi connectivity index (χ0) is 19.5. The van der Waals surface area contributed by atoms with Gasteiger partial charge >= 0.3 is 0 Å².